The van der Waals surface area contributed by atoms with Gasteiger partial charge >= 0.3 is 0 Å². The van der Waals surface area contributed by atoms with E-state index in [0.29, 0.717) is 0 Å². The average molecular weight is 272 g/mol. The molecule has 0 fully saturated rings. The van der Waals surface area contributed by atoms with Crippen molar-refractivity contribution in [1.82, 2.24) is 0 Å². The van der Waals surface area contributed by atoms with Crippen LogP contribution in [0.4, 0.5) is 4.39 Å². The lowest BCUT2D eigenvalue weighted by Gasteiger charge is -2.30. The molecule has 2 nitrogen and oxygen atoms in total. The topological polar surface area (TPSA) is 29.5 Å². The summed E-state index contributed by atoms with van der Waals surface area (Å²) in [6.45, 7) is 0. The Bertz CT molecular complexity index is 607. The van der Waals surface area contributed by atoms with Crippen LogP contribution in [0.15, 0.2) is 42.5 Å². The molecular formula is C17H17FO2. The van der Waals surface area contributed by atoms with Crippen molar-refractivity contribution in [3.8, 4) is 5.75 Å². The Morgan fingerprint density at radius 1 is 1.15 bits per heavy atom. The van der Waals surface area contributed by atoms with Crippen molar-refractivity contribution in [2.75, 3.05) is 7.11 Å². The van der Waals surface area contributed by atoms with Crippen LogP contribution in [0.25, 0.3) is 0 Å². The van der Waals surface area contributed by atoms with Crippen LogP contribution in [-0.2, 0) is 6.42 Å². The van der Waals surface area contributed by atoms with Gasteiger partial charge in [-0.3, -0.25) is 0 Å². The second kappa shape index (κ2) is 5.25. The summed E-state index contributed by atoms with van der Waals surface area (Å²) < 4.78 is 18.2. The predicted octanol–water partition coefficient (Wildman–Crippen LogP) is 3.60. The number of fused-ring (bicyclic) bond motifs is 1. The number of ether oxygens (including phenoxy) is 1. The third kappa shape index (κ3) is 2.29. The third-order valence-corrected chi connectivity index (χ3v) is 4.07. The highest BCUT2D eigenvalue weighted by Gasteiger charge is 2.29. The van der Waals surface area contributed by atoms with Crippen LogP contribution in [0.5, 0.6) is 5.75 Å². The maximum absolute atomic E-state index is 13.0. The zero-order valence-corrected chi connectivity index (χ0v) is 11.3. The maximum atomic E-state index is 13.0. The molecule has 104 valence electrons. The molecule has 2 atom stereocenters. The summed E-state index contributed by atoms with van der Waals surface area (Å²) in [6, 6.07) is 12.2. The Balaban J connectivity index is 1.92. The van der Waals surface area contributed by atoms with Crippen LogP contribution in [-0.4, -0.2) is 12.2 Å². The van der Waals surface area contributed by atoms with Gasteiger partial charge in [0, 0.05) is 5.92 Å². The molecule has 0 saturated carbocycles. The zero-order chi connectivity index (χ0) is 14.1. The Labute approximate surface area is 117 Å². The number of hydrogen-bond donors (Lipinski definition) is 1. The van der Waals surface area contributed by atoms with Crippen LogP contribution in [0.2, 0.25) is 0 Å². The summed E-state index contributed by atoms with van der Waals surface area (Å²) in [6.07, 6.45) is 1.20. The smallest absolute Gasteiger partial charge is 0.123 e. The average Bonchev–Trinajstić information content (AvgIpc) is 2.48. The molecule has 3 heteroatoms. The van der Waals surface area contributed by atoms with Gasteiger partial charge in [0.25, 0.3) is 0 Å². The summed E-state index contributed by atoms with van der Waals surface area (Å²) >= 11 is 0. The highest BCUT2D eigenvalue weighted by molar-refractivity contribution is 5.41. The number of hydrogen-bond acceptors (Lipinski definition) is 2. The van der Waals surface area contributed by atoms with Crippen LogP contribution >= 0.6 is 0 Å². The fourth-order valence-electron chi connectivity index (χ4n) is 2.96. The van der Waals surface area contributed by atoms with Gasteiger partial charge in [-0.25, -0.2) is 4.39 Å². The van der Waals surface area contributed by atoms with Gasteiger partial charge in [-0.1, -0.05) is 18.2 Å². The highest BCUT2D eigenvalue weighted by atomic mass is 19.1. The number of aliphatic hydroxyl groups excluding tert-OH is 1. The van der Waals surface area contributed by atoms with Crippen LogP contribution in [0.3, 0.4) is 0 Å². The van der Waals surface area contributed by atoms with Crippen molar-refractivity contribution in [3.05, 3.63) is 65.0 Å². The van der Waals surface area contributed by atoms with Gasteiger partial charge in [0.1, 0.15) is 11.6 Å². The number of halogens is 1. The first kappa shape index (κ1) is 13.1. The molecule has 0 aromatic heterocycles. The van der Waals surface area contributed by atoms with Gasteiger partial charge in [0.05, 0.1) is 13.2 Å². The van der Waals surface area contributed by atoms with E-state index in [1.54, 1.807) is 19.2 Å². The van der Waals surface area contributed by atoms with Crippen LogP contribution < -0.4 is 4.74 Å². The standard InChI is InChI=1S/C17H17FO2/c1-20-14-7-9-16-12(10-14)4-8-15(17(16)19)11-2-5-13(18)6-3-11/h2-3,5-7,9-10,15,17,19H,4,8H2,1H3/t15-,17?/m0/s1. The van der Waals surface area contributed by atoms with E-state index in [4.69, 9.17) is 4.74 Å². The Morgan fingerprint density at radius 2 is 1.90 bits per heavy atom. The van der Waals surface area contributed by atoms with E-state index < -0.39 is 6.10 Å². The summed E-state index contributed by atoms with van der Waals surface area (Å²) in [7, 11) is 1.64. The highest BCUT2D eigenvalue weighted by Crippen LogP contribution is 2.41. The minimum absolute atomic E-state index is 0.0245. The molecule has 20 heavy (non-hydrogen) atoms. The van der Waals surface area contributed by atoms with E-state index in [2.05, 4.69) is 0 Å². The fourth-order valence-corrected chi connectivity index (χ4v) is 2.96. The second-order valence-electron chi connectivity index (χ2n) is 5.21. The van der Waals surface area contributed by atoms with Crippen molar-refractivity contribution in [1.29, 1.82) is 0 Å². The van der Waals surface area contributed by atoms with Crippen molar-refractivity contribution >= 4 is 0 Å². The van der Waals surface area contributed by atoms with E-state index >= 15 is 0 Å². The van der Waals surface area contributed by atoms with Gasteiger partial charge in [-0.2, -0.15) is 0 Å². The van der Waals surface area contributed by atoms with E-state index in [1.807, 2.05) is 18.2 Å². The fraction of sp³-hybridized carbons (Fsp3) is 0.294. The van der Waals surface area contributed by atoms with E-state index in [1.165, 1.54) is 12.1 Å². The van der Waals surface area contributed by atoms with E-state index in [-0.39, 0.29) is 11.7 Å². The molecule has 0 aliphatic heterocycles. The molecule has 0 radical (unpaired) electrons. The minimum Gasteiger partial charge on any atom is -0.497 e. The number of rotatable bonds is 2. The molecule has 0 heterocycles. The normalized spacial score (nSPS) is 21.4. The second-order valence-corrected chi connectivity index (χ2v) is 5.21. The van der Waals surface area contributed by atoms with Gasteiger partial charge in [0.15, 0.2) is 0 Å². The van der Waals surface area contributed by atoms with Crippen molar-refractivity contribution in [2.24, 2.45) is 0 Å². The molecule has 0 bridgehead atoms. The van der Waals surface area contributed by atoms with Crippen molar-refractivity contribution in [3.63, 3.8) is 0 Å². The molecule has 1 aliphatic carbocycles. The SMILES string of the molecule is COc1ccc2c(c1)CC[C@@H](c1ccc(F)cc1)C2O. The molecule has 3 rings (SSSR count). The zero-order valence-electron chi connectivity index (χ0n) is 11.3. The third-order valence-electron chi connectivity index (χ3n) is 4.07. The quantitative estimate of drug-likeness (QED) is 0.905. The molecule has 1 unspecified atom stereocenters. The first-order chi connectivity index (χ1) is 9.69. The van der Waals surface area contributed by atoms with Crippen molar-refractivity contribution < 1.29 is 14.2 Å². The van der Waals surface area contributed by atoms with Crippen molar-refractivity contribution in [2.45, 2.75) is 24.9 Å². The Hall–Kier alpha value is -1.87. The molecular weight excluding hydrogens is 255 g/mol. The molecule has 1 aliphatic rings. The summed E-state index contributed by atoms with van der Waals surface area (Å²) in [5.74, 6) is 0.594. The lowest BCUT2D eigenvalue weighted by atomic mass is 9.78. The lowest BCUT2D eigenvalue weighted by Crippen LogP contribution is -2.19. The van der Waals surface area contributed by atoms with Gasteiger partial charge in [-0.15, -0.1) is 0 Å². The monoisotopic (exact) mass is 272 g/mol. The van der Waals surface area contributed by atoms with E-state index in [0.717, 1.165) is 35.3 Å². The number of aliphatic hydroxyl groups is 1. The summed E-state index contributed by atoms with van der Waals surface area (Å²) in [5, 5.41) is 10.6. The maximum Gasteiger partial charge on any atom is 0.123 e. The first-order valence-electron chi connectivity index (χ1n) is 6.79. The van der Waals surface area contributed by atoms with Gasteiger partial charge < -0.3 is 9.84 Å². The molecule has 1 N–H and O–H groups in total. The minimum atomic E-state index is -0.546. The first-order valence-corrected chi connectivity index (χ1v) is 6.79. The predicted molar refractivity (Wildman–Crippen MR) is 75.4 cm³/mol. The molecule has 0 saturated heterocycles. The Morgan fingerprint density at radius 3 is 2.60 bits per heavy atom. The molecule has 2 aromatic carbocycles. The largest absolute Gasteiger partial charge is 0.497 e. The number of benzene rings is 2. The van der Waals surface area contributed by atoms with Gasteiger partial charge in [0.2, 0.25) is 0 Å². The van der Waals surface area contributed by atoms with Gasteiger partial charge in [-0.05, 0) is 53.8 Å². The summed E-state index contributed by atoms with van der Waals surface area (Å²) in [5.41, 5.74) is 3.07. The van der Waals surface area contributed by atoms with E-state index in [9.17, 15) is 9.50 Å². The Kier molecular flexibility index (Phi) is 3.45. The molecule has 0 amide bonds. The lowest BCUT2D eigenvalue weighted by molar-refractivity contribution is 0.131. The van der Waals surface area contributed by atoms with Crippen LogP contribution in [0.1, 0.15) is 35.1 Å². The number of methoxy groups -OCH3 is 1. The molecule has 0 spiro atoms. The summed E-state index contributed by atoms with van der Waals surface area (Å²) in [4.78, 5) is 0. The van der Waals surface area contributed by atoms with Crippen LogP contribution in [0, 0.1) is 5.82 Å². The molecule has 2 aromatic rings. The number of aryl methyl sites for hydroxylation is 1.